The number of hydrogen-bond acceptors (Lipinski definition) is 3. The van der Waals surface area contributed by atoms with Crippen LogP contribution in [0.15, 0.2) is 23.8 Å². The van der Waals surface area contributed by atoms with E-state index in [1.807, 2.05) is 0 Å². The van der Waals surface area contributed by atoms with Gasteiger partial charge in [-0.05, 0) is 32.6 Å². The maximum absolute atomic E-state index is 12.2. The number of hydrogen-bond donors (Lipinski definition) is 1. The Kier molecular flexibility index (Phi) is 6.29. The zero-order valence-electron chi connectivity index (χ0n) is 14.5. The van der Waals surface area contributed by atoms with Crippen molar-refractivity contribution in [2.24, 2.45) is 5.92 Å². The lowest BCUT2D eigenvalue weighted by atomic mass is 9.93. The van der Waals surface area contributed by atoms with Gasteiger partial charge in [-0.1, -0.05) is 30.7 Å². The molecule has 130 valence electrons. The molecule has 1 unspecified atom stereocenters. The summed E-state index contributed by atoms with van der Waals surface area (Å²) in [6.45, 7) is 8.86. The highest BCUT2D eigenvalue weighted by atomic mass is 35.5. The van der Waals surface area contributed by atoms with Crippen LogP contribution in [0.4, 0.5) is 0 Å². The van der Waals surface area contributed by atoms with Gasteiger partial charge in [0.25, 0.3) is 0 Å². The molecule has 1 fully saturated rings. The molecule has 2 atom stereocenters. The van der Waals surface area contributed by atoms with E-state index in [1.165, 1.54) is 5.57 Å². The molecule has 0 radical (unpaired) electrons. The standard InChI is InChI=1S/C18H29ClN2O2/c1-14-6-4-5-7-15(14)11-20-9-8-16(12-20)21(17(22)10-19)13-18(2,3)23/h4-5,7,14,16,23H,6,8-13H2,1-3H3/t14?,16-/m1/s1. The van der Waals surface area contributed by atoms with Gasteiger partial charge in [-0.15, -0.1) is 11.6 Å². The van der Waals surface area contributed by atoms with Gasteiger partial charge in [-0.2, -0.15) is 0 Å². The van der Waals surface area contributed by atoms with Crippen molar-refractivity contribution in [2.75, 3.05) is 32.1 Å². The van der Waals surface area contributed by atoms with Gasteiger partial charge in [-0.3, -0.25) is 9.69 Å². The van der Waals surface area contributed by atoms with E-state index in [4.69, 9.17) is 11.6 Å². The number of allylic oxidation sites excluding steroid dienone is 3. The van der Waals surface area contributed by atoms with Gasteiger partial charge in [0.15, 0.2) is 0 Å². The van der Waals surface area contributed by atoms with Crippen LogP contribution in [0.25, 0.3) is 0 Å². The maximum atomic E-state index is 12.2. The van der Waals surface area contributed by atoms with Crippen LogP contribution in [-0.2, 0) is 4.79 Å². The van der Waals surface area contributed by atoms with E-state index in [2.05, 4.69) is 30.1 Å². The van der Waals surface area contributed by atoms with Gasteiger partial charge >= 0.3 is 0 Å². The van der Waals surface area contributed by atoms with Crippen LogP contribution >= 0.6 is 11.6 Å². The minimum Gasteiger partial charge on any atom is -0.389 e. The van der Waals surface area contributed by atoms with Crippen molar-refractivity contribution in [3.05, 3.63) is 23.8 Å². The van der Waals surface area contributed by atoms with E-state index in [0.29, 0.717) is 12.5 Å². The first-order valence-corrected chi connectivity index (χ1v) is 8.99. The third kappa shape index (κ3) is 5.33. The third-order valence-electron chi connectivity index (χ3n) is 4.66. The van der Waals surface area contributed by atoms with E-state index in [9.17, 15) is 9.90 Å². The minimum atomic E-state index is -0.902. The molecule has 23 heavy (non-hydrogen) atoms. The Balaban J connectivity index is 1.97. The molecular formula is C18H29ClN2O2. The zero-order valence-corrected chi connectivity index (χ0v) is 15.2. The number of nitrogens with zero attached hydrogens (tertiary/aromatic N) is 2. The number of likely N-dealkylation sites (tertiary alicyclic amines) is 1. The SMILES string of the molecule is CC1CC=CC=C1CN1CC[C@@H](N(CC(C)(C)O)C(=O)CCl)C1. The van der Waals surface area contributed by atoms with Crippen LogP contribution in [0.5, 0.6) is 0 Å². The Hall–Kier alpha value is -0.840. The third-order valence-corrected chi connectivity index (χ3v) is 4.88. The van der Waals surface area contributed by atoms with Crippen LogP contribution in [0.3, 0.4) is 0 Å². The van der Waals surface area contributed by atoms with Crippen LogP contribution in [0.1, 0.15) is 33.6 Å². The lowest BCUT2D eigenvalue weighted by Crippen LogP contribution is -2.49. The van der Waals surface area contributed by atoms with Crippen LogP contribution < -0.4 is 0 Å². The normalized spacial score (nSPS) is 25.5. The number of amides is 1. The molecule has 0 saturated carbocycles. The van der Waals surface area contributed by atoms with Gasteiger partial charge in [0.1, 0.15) is 5.88 Å². The average molecular weight is 341 g/mol. The fraction of sp³-hybridized carbons (Fsp3) is 0.722. The van der Waals surface area contributed by atoms with Crippen molar-refractivity contribution >= 4 is 17.5 Å². The summed E-state index contributed by atoms with van der Waals surface area (Å²) < 4.78 is 0. The summed E-state index contributed by atoms with van der Waals surface area (Å²) in [5.74, 6) is 0.476. The van der Waals surface area contributed by atoms with Crippen molar-refractivity contribution in [3.8, 4) is 0 Å². The van der Waals surface area contributed by atoms with Crippen molar-refractivity contribution in [3.63, 3.8) is 0 Å². The molecule has 1 heterocycles. The second-order valence-corrected chi connectivity index (χ2v) is 7.72. The predicted molar refractivity (Wildman–Crippen MR) is 94.6 cm³/mol. The highest BCUT2D eigenvalue weighted by Gasteiger charge is 2.33. The molecule has 1 amide bonds. The predicted octanol–water partition coefficient (Wildman–Crippen LogP) is 2.42. The van der Waals surface area contributed by atoms with Gasteiger partial charge in [0.05, 0.1) is 5.60 Å². The van der Waals surface area contributed by atoms with Gasteiger partial charge in [0.2, 0.25) is 5.91 Å². The molecule has 1 N–H and O–H groups in total. The fourth-order valence-corrected chi connectivity index (χ4v) is 3.53. The summed E-state index contributed by atoms with van der Waals surface area (Å²) >= 11 is 5.76. The summed E-state index contributed by atoms with van der Waals surface area (Å²) in [6, 6.07) is 0.141. The van der Waals surface area contributed by atoms with Gasteiger partial charge < -0.3 is 10.0 Å². The summed E-state index contributed by atoms with van der Waals surface area (Å²) in [5, 5.41) is 10.1. The minimum absolute atomic E-state index is 0.0282. The Morgan fingerprint density at radius 2 is 2.26 bits per heavy atom. The summed E-state index contributed by atoms with van der Waals surface area (Å²) in [7, 11) is 0. The Morgan fingerprint density at radius 3 is 2.87 bits per heavy atom. The number of alkyl halides is 1. The van der Waals surface area contributed by atoms with Crippen LogP contribution in [0, 0.1) is 5.92 Å². The second-order valence-electron chi connectivity index (χ2n) is 7.45. The molecule has 0 bridgehead atoms. The average Bonchev–Trinajstić information content (AvgIpc) is 2.94. The number of carbonyl (C=O) groups is 1. The first-order valence-electron chi connectivity index (χ1n) is 8.46. The molecule has 2 aliphatic rings. The number of halogens is 1. The van der Waals surface area contributed by atoms with E-state index in [-0.39, 0.29) is 17.8 Å². The number of aliphatic hydroxyl groups is 1. The molecule has 4 nitrogen and oxygen atoms in total. The summed E-state index contributed by atoms with van der Waals surface area (Å²) in [4.78, 5) is 16.3. The van der Waals surface area contributed by atoms with Gasteiger partial charge in [0, 0.05) is 32.2 Å². The summed E-state index contributed by atoms with van der Waals surface area (Å²) in [5.41, 5.74) is 0.561. The van der Waals surface area contributed by atoms with Crippen LogP contribution in [0.2, 0.25) is 0 Å². The monoisotopic (exact) mass is 340 g/mol. The lowest BCUT2D eigenvalue weighted by Gasteiger charge is -2.33. The topological polar surface area (TPSA) is 43.8 Å². The molecule has 0 aromatic heterocycles. The summed E-state index contributed by atoms with van der Waals surface area (Å²) in [6.07, 6.45) is 8.63. The van der Waals surface area contributed by atoms with E-state index in [0.717, 1.165) is 32.5 Å². The Bertz CT molecular complexity index is 482. The molecule has 0 spiro atoms. The van der Waals surface area contributed by atoms with Crippen molar-refractivity contribution < 1.29 is 9.90 Å². The van der Waals surface area contributed by atoms with Gasteiger partial charge in [-0.25, -0.2) is 0 Å². The molecular weight excluding hydrogens is 312 g/mol. The van der Waals surface area contributed by atoms with Crippen molar-refractivity contribution in [2.45, 2.75) is 45.3 Å². The molecule has 0 aromatic carbocycles. The molecule has 2 rings (SSSR count). The second kappa shape index (κ2) is 7.82. The van der Waals surface area contributed by atoms with E-state index in [1.54, 1.807) is 18.7 Å². The zero-order chi connectivity index (χ0) is 17.0. The molecule has 0 aromatic rings. The van der Waals surface area contributed by atoms with Crippen LogP contribution in [-0.4, -0.2) is 64.5 Å². The smallest absolute Gasteiger partial charge is 0.237 e. The Morgan fingerprint density at radius 1 is 1.52 bits per heavy atom. The highest BCUT2D eigenvalue weighted by molar-refractivity contribution is 6.27. The van der Waals surface area contributed by atoms with Crippen molar-refractivity contribution in [1.82, 2.24) is 9.80 Å². The first-order chi connectivity index (χ1) is 10.8. The van der Waals surface area contributed by atoms with E-state index < -0.39 is 5.60 Å². The van der Waals surface area contributed by atoms with Crippen molar-refractivity contribution in [1.29, 1.82) is 0 Å². The Labute approximate surface area is 144 Å². The maximum Gasteiger partial charge on any atom is 0.237 e. The quantitative estimate of drug-likeness (QED) is 0.755. The number of carbonyl (C=O) groups excluding carboxylic acids is 1. The molecule has 1 aliphatic heterocycles. The first kappa shape index (κ1) is 18.5. The fourth-order valence-electron chi connectivity index (χ4n) is 3.38. The highest BCUT2D eigenvalue weighted by Crippen LogP contribution is 2.24. The number of rotatable bonds is 6. The molecule has 5 heteroatoms. The molecule has 1 aliphatic carbocycles. The molecule has 1 saturated heterocycles. The lowest BCUT2D eigenvalue weighted by molar-refractivity contribution is -0.134. The van der Waals surface area contributed by atoms with E-state index >= 15 is 0 Å². The largest absolute Gasteiger partial charge is 0.389 e.